The average Bonchev–Trinajstić information content (AvgIpc) is 3.27. The third kappa shape index (κ3) is 3.31. The topological polar surface area (TPSA) is 69.4 Å². The van der Waals surface area contributed by atoms with E-state index in [-0.39, 0.29) is 12.5 Å². The highest BCUT2D eigenvalue weighted by Crippen LogP contribution is 2.55. The zero-order chi connectivity index (χ0) is 18.9. The van der Waals surface area contributed by atoms with Gasteiger partial charge in [0.2, 0.25) is 0 Å². The van der Waals surface area contributed by atoms with E-state index in [1.54, 1.807) is 12.1 Å². The predicted octanol–water partition coefficient (Wildman–Crippen LogP) is 3.23. The number of hydrogen-bond acceptors (Lipinski definition) is 4. The summed E-state index contributed by atoms with van der Waals surface area (Å²) in [7, 11) is -3.54. The van der Waals surface area contributed by atoms with Crippen LogP contribution in [-0.2, 0) is 21.0 Å². The van der Waals surface area contributed by atoms with E-state index in [9.17, 15) is 8.42 Å². The molecule has 0 saturated heterocycles. The lowest BCUT2D eigenvalue weighted by Crippen LogP contribution is -2.36. The minimum absolute atomic E-state index is 0.236. The maximum Gasteiger partial charge on any atom is 0.183 e. The Balaban J connectivity index is 1.97. The third-order valence-electron chi connectivity index (χ3n) is 5.29. The van der Waals surface area contributed by atoms with Crippen molar-refractivity contribution in [3.05, 3.63) is 65.2 Å². The van der Waals surface area contributed by atoms with Crippen molar-refractivity contribution in [1.29, 1.82) is 0 Å². The Labute approximate surface area is 156 Å². The molecule has 2 aromatic carbocycles. The lowest BCUT2D eigenvalue weighted by molar-refractivity contribution is 0.125. The molecule has 1 fully saturated rings. The number of benzene rings is 2. The van der Waals surface area contributed by atoms with Gasteiger partial charge >= 0.3 is 0 Å². The van der Waals surface area contributed by atoms with Crippen molar-refractivity contribution in [2.24, 2.45) is 5.73 Å². The van der Waals surface area contributed by atoms with E-state index in [4.69, 9.17) is 10.5 Å². The summed E-state index contributed by atoms with van der Waals surface area (Å²) in [4.78, 5) is 0.326. The second-order valence-electron chi connectivity index (χ2n) is 7.10. The molecule has 1 saturated carbocycles. The van der Waals surface area contributed by atoms with Crippen LogP contribution in [-0.4, -0.2) is 32.4 Å². The molecule has 4 nitrogen and oxygen atoms in total. The number of sulfone groups is 1. The molecule has 2 N–H and O–H groups in total. The van der Waals surface area contributed by atoms with Gasteiger partial charge in [-0.1, -0.05) is 48.9 Å². The van der Waals surface area contributed by atoms with E-state index in [1.807, 2.05) is 50.2 Å². The van der Waals surface area contributed by atoms with Crippen molar-refractivity contribution in [2.75, 3.05) is 13.2 Å². The molecule has 0 radical (unpaired) electrons. The van der Waals surface area contributed by atoms with E-state index >= 15 is 0 Å². The molecule has 1 aliphatic carbocycles. The summed E-state index contributed by atoms with van der Waals surface area (Å²) in [6.07, 6.45) is 0.947. The predicted molar refractivity (Wildman–Crippen MR) is 104 cm³/mol. The molecule has 3 rings (SSSR count). The zero-order valence-corrected chi connectivity index (χ0v) is 16.4. The van der Waals surface area contributed by atoms with Gasteiger partial charge in [-0.25, -0.2) is 8.42 Å². The zero-order valence-electron chi connectivity index (χ0n) is 15.6. The lowest BCUT2D eigenvalue weighted by atomic mass is 10.0. The third-order valence-corrected chi connectivity index (χ3v) is 7.60. The Kier molecular flexibility index (Phi) is 5.24. The van der Waals surface area contributed by atoms with Crippen LogP contribution in [0.3, 0.4) is 0 Å². The fourth-order valence-corrected chi connectivity index (χ4v) is 5.95. The highest BCUT2D eigenvalue weighted by molar-refractivity contribution is 7.92. The Morgan fingerprint density at radius 2 is 1.65 bits per heavy atom. The standard InChI is InChI=1S/C21H27NO3S/c1-4-16-8-10-17(11-9-16)19-20(21(19,22)14-25-5-2)26(23,24)18-12-6-15(3)7-13-18/h6-13,19-20H,4-5,14,22H2,1-3H3. The molecule has 3 unspecified atom stereocenters. The Hall–Kier alpha value is -1.69. The van der Waals surface area contributed by atoms with E-state index in [2.05, 4.69) is 6.92 Å². The number of ether oxygens (including phenoxy) is 1. The Bertz CT molecular complexity index is 859. The van der Waals surface area contributed by atoms with Gasteiger partial charge in [0.25, 0.3) is 0 Å². The van der Waals surface area contributed by atoms with Gasteiger partial charge in [0.15, 0.2) is 9.84 Å². The molecule has 1 aliphatic rings. The first-order valence-corrected chi connectivity index (χ1v) is 10.6. The van der Waals surface area contributed by atoms with Crippen LogP contribution in [0.15, 0.2) is 53.4 Å². The van der Waals surface area contributed by atoms with Crippen LogP contribution in [0.5, 0.6) is 0 Å². The van der Waals surface area contributed by atoms with Gasteiger partial charge in [0.05, 0.1) is 22.3 Å². The largest absolute Gasteiger partial charge is 0.380 e. The van der Waals surface area contributed by atoms with Crippen LogP contribution in [0, 0.1) is 6.92 Å². The van der Waals surface area contributed by atoms with Crippen molar-refractivity contribution in [2.45, 2.75) is 48.8 Å². The number of nitrogens with two attached hydrogens (primary N) is 1. The number of hydrogen-bond donors (Lipinski definition) is 1. The molecule has 5 heteroatoms. The molecule has 140 valence electrons. The Morgan fingerprint density at radius 1 is 1.04 bits per heavy atom. The molecule has 3 atom stereocenters. The average molecular weight is 374 g/mol. The summed E-state index contributed by atoms with van der Waals surface area (Å²) in [6, 6.07) is 15.1. The summed E-state index contributed by atoms with van der Waals surface area (Å²) in [5, 5.41) is -0.670. The van der Waals surface area contributed by atoms with Gasteiger partial charge in [0, 0.05) is 12.5 Å². The van der Waals surface area contributed by atoms with Gasteiger partial charge in [-0.3, -0.25) is 0 Å². The summed E-state index contributed by atoms with van der Waals surface area (Å²) in [5.41, 5.74) is 8.89. The summed E-state index contributed by atoms with van der Waals surface area (Å²) >= 11 is 0. The van der Waals surface area contributed by atoms with Crippen LogP contribution in [0.1, 0.15) is 36.5 Å². The van der Waals surface area contributed by atoms with Crippen molar-refractivity contribution < 1.29 is 13.2 Å². The van der Waals surface area contributed by atoms with E-state index in [0.29, 0.717) is 11.5 Å². The van der Waals surface area contributed by atoms with Crippen LogP contribution < -0.4 is 5.73 Å². The second-order valence-corrected chi connectivity index (χ2v) is 9.17. The summed E-state index contributed by atoms with van der Waals surface area (Å²) < 4.78 is 32.1. The summed E-state index contributed by atoms with van der Waals surface area (Å²) in [5.74, 6) is -0.258. The first-order chi connectivity index (χ1) is 12.3. The molecule has 26 heavy (non-hydrogen) atoms. The lowest BCUT2D eigenvalue weighted by Gasteiger charge is -2.12. The van der Waals surface area contributed by atoms with Gasteiger partial charge in [-0.15, -0.1) is 0 Å². The quantitative estimate of drug-likeness (QED) is 0.809. The van der Waals surface area contributed by atoms with Crippen LogP contribution in [0.25, 0.3) is 0 Å². The normalized spacial score (nSPS) is 25.2. The molecule has 0 amide bonds. The molecule has 2 aromatic rings. The molecule has 0 bridgehead atoms. The van der Waals surface area contributed by atoms with Gasteiger partial charge in [-0.05, 0) is 43.5 Å². The van der Waals surface area contributed by atoms with Crippen molar-refractivity contribution in [3.63, 3.8) is 0 Å². The van der Waals surface area contributed by atoms with Gasteiger partial charge < -0.3 is 10.5 Å². The minimum atomic E-state index is -3.54. The fraction of sp³-hybridized carbons (Fsp3) is 0.429. The van der Waals surface area contributed by atoms with Crippen LogP contribution in [0.4, 0.5) is 0 Å². The van der Waals surface area contributed by atoms with Crippen molar-refractivity contribution in [3.8, 4) is 0 Å². The minimum Gasteiger partial charge on any atom is -0.380 e. The van der Waals surface area contributed by atoms with E-state index in [1.165, 1.54) is 5.56 Å². The maximum absolute atomic E-state index is 13.3. The van der Waals surface area contributed by atoms with Gasteiger partial charge in [-0.2, -0.15) is 0 Å². The molecule has 0 spiro atoms. The van der Waals surface area contributed by atoms with Crippen molar-refractivity contribution >= 4 is 9.84 Å². The molecular formula is C21H27NO3S. The monoisotopic (exact) mass is 373 g/mol. The highest BCUT2D eigenvalue weighted by Gasteiger charge is 2.69. The molecular weight excluding hydrogens is 346 g/mol. The smallest absolute Gasteiger partial charge is 0.183 e. The highest BCUT2D eigenvalue weighted by atomic mass is 32.2. The number of rotatable bonds is 7. The Morgan fingerprint density at radius 3 is 2.19 bits per heavy atom. The maximum atomic E-state index is 13.3. The van der Waals surface area contributed by atoms with Crippen LogP contribution >= 0.6 is 0 Å². The first kappa shape index (κ1) is 19.1. The van der Waals surface area contributed by atoms with Crippen molar-refractivity contribution in [1.82, 2.24) is 0 Å². The van der Waals surface area contributed by atoms with E-state index < -0.39 is 20.6 Å². The number of aryl methyl sites for hydroxylation is 2. The molecule has 0 aromatic heterocycles. The SMILES string of the molecule is CCOCC1(N)C(c2ccc(CC)cc2)C1S(=O)(=O)c1ccc(C)cc1. The first-order valence-electron chi connectivity index (χ1n) is 9.10. The van der Waals surface area contributed by atoms with Gasteiger partial charge in [0.1, 0.15) is 0 Å². The molecule has 0 aliphatic heterocycles. The second kappa shape index (κ2) is 7.14. The molecule has 0 heterocycles. The van der Waals surface area contributed by atoms with E-state index in [0.717, 1.165) is 17.5 Å². The van der Waals surface area contributed by atoms with Crippen LogP contribution in [0.2, 0.25) is 0 Å². The fourth-order valence-electron chi connectivity index (χ4n) is 3.66. The summed E-state index contributed by atoms with van der Waals surface area (Å²) in [6.45, 7) is 6.67.